The van der Waals surface area contributed by atoms with Crippen LogP contribution in [-0.2, 0) is 29.2 Å². The van der Waals surface area contributed by atoms with Gasteiger partial charge in [0.15, 0.2) is 5.69 Å². The summed E-state index contributed by atoms with van der Waals surface area (Å²) in [6.07, 6.45) is 2.72. The first-order valence-electron chi connectivity index (χ1n) is 11.7. The van der Waals surface area contributed by atoms with Crippen LogP contribution in [0.2, 0.25) is 5.02 Å². The zero-order valence-corrected chi connectivity index (χ0v) is 19.9. The van der Waals surface area contributed by atoms with Gasteiger partial charge < -0.3 is 19.5 Å². The maximum absolute atomic E-state index is 13.3. The van der Waals surface area contributed by atoms with Gasteiger partial charge in [0.25, 0.3) is 5.91 Å². The third-order valence-corrected chi connectivity index (χ3v) is 6.94. The van der Waals surface area contributed by atoms with E-state index in [0.717, 1.165) is 16.8 Å². The minimum absolute atomic E-state index is 0.0672. The molecule has 0 saturated carbocycles. The quantitative estimate of drug-likeness (QED) is 0.576. The molecule has 5 rings (SSSR count). The second-order valence-electron chi connectivity index (χ2n) is 8.96. The number of fused-ring (bicyclic) bond motifs is 1. The molecule has 1 atom stereocenters. The Morgan fingerprint density at radius 2 is 1.91 bits per heavy atom. The van der Waals surface area contributed by atoms with E-state index in [-0.39, 0.29) is 36.2 Å². The van der Waals surface area contributed by atoms with Gasteiger partial charge in [0.1, 0.15) is 11.9 Å². The minimum atomic E-state index is -0.323. The van der Waals surface area contributed by atoms with Crippen molar-refractivity contribution >= 4 is 23.4 Å². The minimum Gasteiger partial charge on any atom is -0.365 e. The Morgan fingerprint density at radius 1 is 1.14 bits per heavy atom. The van der Waals surface area contributed by atoms with Gasteiger partial charge in [-0.05, 0) is 48.2 Å². The lowest BCUT2D eigenvalue weighted by molar-refractivity contribution is -0.126. The van der Waals surface area contributed by atoms with E-state index in [1.165, 1.54) is 12.1 Å². The van der Waals surface area contributed by atoms with Crippen LogP contribution in [0.5, 0.6) is 0 Å². The van der Waals surface area contributed by atoms with Crippen molar-refractivity contribution in [2.75, 3.05) is 13.1 Å². The van der Waals surface area contributed by atoms with Crippen LogP contribution in [0.15, 0.2) is 54.9 Å². The Balaban J connectivity index is 1.15. The number of hydrogen-bond donors (Lipinski definition) is 1. The first-order chi connectivity index (χ1) is 17.0. The number of amides is 2. The molecule has 0 aliphatic carbocycles. The topological polar surface area (TPSA) is 76.5 Å². The third kappa shape index (κ3) is 5.23. The van der Waals surface area contributed by atoms with Crippen LogP contribution in [0.4, 0.5) is 4.39 Å². The molecule has 9 heteroatoms. The molecule has 2 aromatic carbocycles. The van der Waals surface area contributed by atoms with E-state index in [1.807, 2.05) is 28.8 Å². The maximum atomic E-state index is 13.3. The molecule has 0 spiro atoms. The number of aromatic nitrogens is 2. The molecule has 7 nitrogen and oxygen atoms in total. The Morgan fingerprint density at radius 3 is 2.66 bits per heavy atom. The molecule has 2 aliphatic rings. The molecule has 1 aromatic heterocycles. The zero-order valence-electron chi connectivity index (χ0n) is 19.1. The van der Waals surface area contributed by atoms with Gasteiger partial charge in [-0.2, -0.15) is 0 Å². The second-order valence-corrected chi connectivity index (χ2v) is 9.39. The lowest BCUT2D eigenvalue weighted by atomic mass is 9.95. The highest BCUT2D eigenvalue weighted by atomic mass is 35.5. The molecular formula is C26H26ClFN4O3. The van der Waals surface area contributed by atoms with Crippen molar-refractivity contribution in [3.8, 4) is 0 Å². The van der Waals surface area contributed by atoms with Crippen LogP contribution in [-0.4, -0.2) is 39.4 Å². The van der Waals surface area contributed by atoms with E-state index >= 15 is 0 Å². The molecule has 1 fully saturated rings. The normalized spacial score (nSPS) is 18.2. The number of carbonyl (C=O) groups excluding carboxylic acids is 2. The van der Waals surface area contributed by atoms with E-state index in [1.54, 1.807) is 23.4 Å². The number of likely N-dealkylation sites (tertiary alicyclic amines) is 1. The predicted molar refractivity (Wildman–Crippen MR) is 128 cm³/mol. The van der Waals surface area contributed by atoms with Gasteiger partial charge in [-0.3, -0.25) is 9.59 Å². The van der Waals surface area contributed by atoms with Crippen LogP contribution in [0.1, 0.15) is 46.3 Å². The number of benzene rings is 2. The smallest absolute Gasteiger partial charge is 0.274 e. The third-order valence-electron chi connectivity index (χ3n) is 6.68. The van der Waals surface area contributed by atoms with Crippen LogP contribution in [0, 0.1) is 11.7 Å². The average Bonchev–Trinajstić information content (AvgIpc) is 3.31. The van der Waals surface area contributed by atoms with Gasteiger partial charge in [-0.15, -0.1) is 0 Å². The highest BCUT2D eigenvalue weighted by Crippen LogP contribution is 2.29. The molecule has 1 N–H and O–H groups in total. The number of hydrogen-bond acceptors (Lipinski definition) is 4. The molecule has 182 valence electrons. The van der Waals surface area contributed by atoms with Crippen molar-refractivity contribution in [2.45, 2.75) is 38.6 Å². The fourth-order valence-corrected chi connectivity index (χ4v) is 4.79. The number of imidazole rings is 1. The molecule has 35 heavy (non-hydrogen) atoms. The Bertz CT molecular complexity index is 1220. The number of carbonyl (C=O) groups is 2. The van der Waals surface area contributed by atoms with Gasteiger partial charge in [0.05, 0.1) is 25.2 Å². The maximum Gasteiger partial charge on any atom is 0.274 e. The average molecular weight is 497 g/mol. The number of piperidine rings is 1. The first-order valence-corrected chi connectivity index (χ1v) is 12.1. The molecule has 3 aromatic rings. The van der Waals surface area contributed by atoms with Crippen LogP contribution < -0.4 is 5.32 Å². The fourth-order valence-electron chi connectivity index (χ4n) is 4.66. The molecule has 1 saturated heterocycles. The lowest BCUT2D eigenvalue weighted by Crippen LogP contribution is -2.43. The Hall–Kier alpha value is -3.23. The predicted octanol–water partition coefficient (Wildman–Crippen LogP) is 4.12. The van der Waals surface area contributed by atoms with Crippen molar-refractivity contribution in [2.24, 2.45) is 5.92 Å². The van der Waals surface area contributed by atoms with Gasteiger partial charge in [0.2, 0.25) is 5.91 Å². The zero-order chi connectivity index (χ0) is 24.4. The SMILES string of the molecule is O=C(NCc1cccc(F)c1)C1CCN(C(=O)c2ncn3c2COC(c2ccc(Cl)cc2)C3)CC1. The number of halogens is 2. The summed E-state index contributed by atoms with van der Waals surface area (Å²) in [6.45, 7) is 2.13. The fraction of sp³-hybridized carbons (Fsp3) is 0.346. The summed E-state index contributed by atoms with van der Waals surface area (Å²) in [5.41, 5.74) is 2.93. The highest BCUT2D eigenvalue weighted by Gasteiger charge is 2.32. The van der Waals surface area contributed by atoms with Gasteiger partial charge in [-0.25, -0.2) is 9.37 Å². The second kappa shape index (κ2) is 10.2. The molecule has 2 amide bonds. The molecule has 1 unspecified atom stereocenters. The van der Waals surface area contributed by atoms with Crippen molar-refractivity contribution in [1.29, 1.82) is 0 Å². The molecular weight excluding hydrogens is 471 g/mol. The summed E-state index contributed by atoms with van der Waals surface area (Å²) in [4.78, 5) is 31.9. The summed E-state index contributed by atoms with van der Waals surface area (Å²) < 4.78 is 21.3. The monoisotopic (exact) mass is 496 g/mol. The molecule has 0 radical (unpaired) electrons. The number of nitrogens with one attached hydrogen (secondary N) is 1. The van der Waals surface area contributed by atoms with Crippen molar-refractivity contribution in [3.05, 3.63) is 88.2 Å². The Kier molecular flexibility index (Phi) is 6.83. The molecule has 2 aliphatic heterocycles. The van der Waals surface area contributed by atoms with Crippen LogP contribution in [0.3, 0.4) is 0 Å². The summed E-state index contributed by atoms with van der Waals surface area (Å²) in [5, 5.41) is 3.56. The van der Waals surface area contributed by atoms with E-state index in [2.05, 4.69) is 10.3 Å². The Labute approximate surface area is 207 Å². The number of nitrogens with zero attached hydrogens (tertiary/aromatic N) is 3. The number of ether oxygens (including phenoxy) is 1. The standard InChI is InChI=1S/C26H26ClFN4O3/c27-20-6-4-18(5-7-20)23-14-32-16-30-24(22(32)15-35-23)26(34)31-10-8-19(9-11-31)25(33)29-13-17-2-1-3-21(28)12-17/h1-7,12,16,19,23H,8-11,13-15H2,(H,29,33). The van der Waals surface area contributed by atoms with Gasteiger partial charge in [-0.1, -0.05) is 35.9 Å². The first kappa shape index (κ1) is 23.5. The number of rotatable bonds is 5. The summed E-state index contributed by atoms with van der Waals surface area (Å²) >= 11 is 5.98. The highest BCUT2D eigenvalue weighted by molar-refractivity contribution is 6.30. The van der Waals surface area contributed by atoms with Gasteiger partial charge in [0, 0.05) is 30.6 Å². The molecule has 0 bridgehead atoms. The van der Waals surface area contributed by atoms with E-state index in [4.69, 9.17) is 16.3 Å². The van der Waals surface area contributed by atoms with E-state index in [0.29, 0.717) is 49.8 Å². The van der Waals surface area contributed by atoms with Gasteiger partial charge >= 0.3 is 0 Å². The lowest BCUT2D eigenvalue weighted by Gasteiger charge is -2.31. The van der Waals surface area contributed by atoms with Crippen molar-refractivity contribution < 1.29 is 18.7 Å². The van der Waals surface area contributed by atoms with Crippen molar-refractivity contribution in [3.63, 3.8) is 0 Å². The van der Waals surface area contributed by atoms with E-state index < -0.39 is 0 Å². The van der Waals surface area contributed by atoms with E-state index in [9.17, 15) is 14.0 Å². The van der Waals surface area contributed by atoms with Crippen LogP contribution >= 0.6 is 11.6 Å². The largest absolute Gasteiger partial charge is 0.365 e. The summed E-state index contributed by atoms with van der Waals surface area (Å²) in [6, 6.07) is 13.7. The summed E-state index contributed by atoms with van der Waals surface area (Å²) in [7, 11) is 0. The molecule has 3 heterocycles. The van der Waals surface area contributed by atoms with Crippen molar-refractivity contribution in [1.82, 2.24) is 19.8 Å². The van der Waals surface area contributed by atoms with Crippen LogP contribution in [0.25, 0.3) is 0 Å². The summed E-state index contributed by atoms with van der Waals surface area (Å²) in [5.74, 6) is -0.698.